The molecule has 5 heteroatoms. The molecule has 3 heterocycles. The monoisotopic (exact) mass is 320 g/mol. The van der Waals surface area contributed by atoms with Gasteiger partial charge in [0.15, 0.2) is 0 Å². The molecule has 0 radical (unpaired) electrons. The molecule has 24 heavy (non-hydrogen) atoms. The van der Waals surface area contributed by atoms with Crippen LogP contribution in [-0.2, 0) is 13.2 Å². The molecule has 0 aliphatic heterocycles. The molecule has 0 fully saturated rings. The Morgan fingerprint density at radius 3 is 2.33 bits per heavy atom. The van der Waals surface area contributed by atoms with Crippen LogP contribution in [0, 0.1) is 0 Å². The summed E-state index contributed by atoms with van der Waals surface area (Å²) in [4.78, 5) is 4.62. The van der Waals surface area contributed by atoms with Gasteiger partial charge in [-0.25, -0.2) is 4.98 Å². The first-order chi connectivity index (χ1) is 11.8. The van der Waals surface area contributed by atoms with Crippen molar-refractivity contribution in [1.29, 1.82) is 0 Å². The van der Waals surface area contributed by atoms with Crippen molar-refractivity contribution < 1.29 is 14.6 Å². The van der Waals surface area contributed by atoms with Gasteiger partial charge in [-0.05, 0) is 29.8 Å². The molecule has 2 N–H and O–H groups in total. The van der Waals surface area contributed by atoms with E-state index < -0.39 is 0 Å². The number of imidazole rings is 1. The minimum atomic E-state index is -0.110. The Hall–Kier alpha value is -2.89. The van der Waals surface area contributed by atoms with Crippen LogP contribution in [0.3, 0.4) is 0 Å². The van der Waals surface area contributed by atoms with E-state index >= 15 is 0 Å². The molecule has 0 bridgehead atoms. The van der Waals surface area contributed by atoms with Crippen molar-refractivity contribution in [1.82, 2.24) is 9.38 Å². The zero-order valence-electron chi connectivity index (χ0n) is 12.9. The summed E-state index contributed by atoms with van der Waals surface area (Å²) in [6, 6.07) is 15.2. The first-order valence-corrected chi connectivity index (χ1v) is 7.66. The highest BCUT2D eigenvalue weighted by molar-refractivity contribution is 5.65. The number of aliphatic hydroxyl groups is 2. The standard InChI is InChI=1S/C19H16N2O3/c22-11-13-1-3-14(4-2-13)17-10-21-9-15(5-8-19(21)20-17)18-7-6-16(12-23)24-18/h1-10,22-23H,11-12H2. The summed E-state index contributed by atoms with van der Waals surface area (Å²) in [5.74, 6) is 1.25. The van der Waals surface area contributed by atoms with Crippen LogP contribution in [0.1, 0.15) is 11.3 Å². The number of furan rings is 1. The Kier molecular flexibility index (Phi) is 3.65. The van der Waals surface area contributed by atoms with Crippen LogP contribution < -0.4 is 0 Å². The van der Waals surface area contributed by atoms with E-state index in [0.717, 1.165) is 28.0 Å². The van der Waals surface area contributed by atoms with Gasteiger partial charge in [0.25, 0.3) is 0 Å². The van der Waals surface area contributed by atoms with Crippen LogP contribution in [-0.4, -0.2) is 19.6 Å². The van der Waals surface area contributed by atoms with E-state index in [4.69, 9.17) is 14.6 Å². The highest BCUT2D eigenvalue weighted by Gasteiger charge is 2.08. The van der Waals surface area contributed by atoms with E-state index in [1.165, 1.54) is 0 Å². The molecule has 4 aromatic rings. The Morgan fingerprint density at radius 1 is 0.833 bits per heavy atom. The fraction of sp³-hybridized carbons (Fsp3) is 0.105. The summed E-state index contributed by atoms with van der Waals surface area (Å²) in [6.07, 6.45) is 3.91. The van der Waals surface area contributed by atoms with E-state index in [1.54, 1.807) is 6.07 Å². The SMILES string of the molecule is OCc1ccc(-c2cn3cc(-c4ccc(CO)o4)ccc3n2)cc1. The molecule has 0 atom stereocenters. The molecule has 0 saturated heterocycles. The molecule has 3 aromatic heterocycles. The van der Waals surface area contributed by atoms with Crippen LogP contribution in [0.25, 0.3) is 28.2 Å². The topological polar surface area (TPSA) is 70.9 Å². The lowest BCUT2D eigenvalue weighted by molar-refractivity contribution is 0.248. The minimum Gasteiger partial charge on any atom is -0.459 e. The third-order valence-electron chi connectivity index (χ3n) is 3.99. The molecular weight excluding hydrogens is 304 g/mol. The third-order valence-corrected chi connectivity index (χ3v) is 3.99. The van der Waals surface area contributed by atoms with Gasteiger partial charge in [-0.15, -0.1) is 0 Å². The number of pyridine rings is 1. The molecule has 0 unspecified atom stereocenters. The predicted molar refractivity (Wildman–Crippen MR) is 90.2 cm³/mol. The summed E-state index contributed by atoms with van der Waals surface area (Å²) < 4.78 is 7.53. The van der Waals surface area contributed by atoms with Crippen molar-refractivity contribution in [3.05, 3.63) is 72.2 Å². The van der Waals surface area contributed by atoms with E-state index in [0.29, 0.717) is 11.5 Å². The summed E-state index contributed by atoms with van der Waals surface area (Å²) >= 11 is 0. The van der Waals surface area contributed by atoms with Crippen molar-refractivity contribution in [2.75, 3.05) is 0 Å². The van der Waals surface area contributed by atoms with E-state index in [2.05, 4.69) is 4.98 Å². The predicted octanol–water partition coefficient (Wildman–Crippen LogP) is 3.25. The van der Waals surface area contributed by atoms with E-state index in [1.807, 2.05) is 59.3 Å². The summed E-state index contributed by atoms with van der Waals surface area (Å²) in [5.41, 5.74) is 4.50. The van der Waals surface area contributed by atoms with Crippen LogP contribution >= 0.6 is 0 Å². The van der Waals surface area contributed by atoms with Crippen LogP contribution in [0.2, 0.25) is 0 Å². The minimum absolute atomic E-state index is 0.0355. The number of rotatable bonds is 4. The number of aliphatic hydroxyl groups excluding tert-OH is 2. The maximum absolute atomic E-state index is 9.13. The molecular formula is C19H16N2O3. The highest BCUT2D eigenvalue weighted by Crippen LogP contribution is 2.25. The Morgan fingerprint density at radius 2 is 1.62 bits per heavy atom. The van der Waals surface area contributed by atoms with Gasteiger partial charge in [0.1, 0.15) is 23.8 Å². The normalized spacial score (nSPS) is 11.2. The van der Waals surface area contributed by atoms with E-state index in [9.17, 15) is 0 Å². The van der Waals surface area contributed by atoms with Gasteiger partial charge < -0.3 is 19.0 Å². The van der Waals surface area contributed by atoms with Crippen LogP contribution in [0.15, 0.2) is 65.3 Å². The third kappa shape index (κ3) is 2.60. The molecule has 0 saturated carbocycles. The summed E-state index contributed by atoms with van der Waals surface area (Å²) in [7, 11) is 0. The average Bonchev–Trinajstić information content (AvgIpc) is 3.27. The molecule has 1 aromatic carbocycles. The number of aromatic nitrogens is 2. The van der Waals surface area contributed by atoms with Crippen LogP contribution in [0.4, 0.5) is 0 Å². The molecule has 0 aliphatic carbocycles. The number of nitrogens with zero attached hydrogens (tertiary/aromatic N) is 2. The first-order valence-electron chi connectivity index (χ1n) is 7.66. The quantitative estimate of drug-likeness (QED) is 0.605. The number of hydrogen-bond acceptors (Lipinski definition) is 4. The Balaban J connectivity index is 1.72. The maximum Gasteiger partial charge on any atom is 0.137 e. The summed E-state index contributed by atoms with van der Waals surface area (Å²) in [6.45, 7) is -0.0743. The molecule has 0 amide bonds. The fourth-order valence-electron chi connectivity index (χ4n) is 2.68. The van der Waals surface area contributed by atoms with Gasteiger partial charge in [0.2, 0.25) is 0 Å². The van der Waals surface area contributed by atoms with E-state index in [-0.39, 0.29) is 13.2 Å². The molecule has 120 valence electrons. The van der Waals surface area contributed by atoms with Gasteiger partial charge in [0.05, 0.1) is 12.3 Å². The van der Waals surface area contributed by atoms with Crippen molar-refractivity contribution in [3.63, 3.8) is 0 Å². The van der Waals surface area contributed by atoms with Crippen molar-refractivity contribution in [2.24, 2.45) is 0 Å². The van der Waals surface area contributed by atoms with Crippen LogP contribution in [0.5, 0.6) is 0 Å². The highest BCUT2D eigenvalue weighted by atomic mass is 16.4. The lowest BCUT2D eigenvalue weighted by Gasteiger charge is -1.99. The number of hydrogen-bond donors (Lipinski definition) is 2. The first kappa shape index (κ1) is 14.7. The zero-order chi connectivity index (χ0) is 16.5. The summed E-state index contributed by atoms with van der Waals surface area (Å²) in [5, 5.41) is 18.2. The van der Waals surface area contributed by atoms with Gasteiger partial charge in [-0.2, -0.15) is 0 Å². The Labute approximate surface area is 138 Å². The lowest BCUT2D eigenvalue weighted by Crippen LogP contribution is -1.84. The second-order valence-electron chi connectivity index (χ2n) is 5.59. The van der Waals surface area contributed by atoms with Gasteiger partial charge >= 0.3 is 0 Å². The molecule has 0 spiro atoms. The van der Waals surface area contributed by atoms with Gasteiger partial charge in [-0.3, -0.25) is 0 Å². The lowest BCUT2D eigenvalue weighted by atomic mass is 10.1. The Bertz CT molecular complexity index is 983. The van der Waals surface area contributed by atoms with Crippen molar-refractivity contribution in [2.45, 2.75) is 13.2 Å². The van der Waals surface area contributed by atoms with Crippen molar-refractivity contribution >= 4 is 5.65 Å². The van der Waals surface area contributed by atoms with Crippen molar-refractivity contribution in [3.8, 4) is 22.6 Å². The van der Waals surface area contributed by atoms with Gasteiger partial charge in [0, 0.05) is 23.5 Å². The fourth-order valence-corrected chi connectivity index (χ4v) is 2.68. The smallest absolute Gasteiger partial charge is 0.137 e. The largest absolute Gasteiger partial charge is 0.459 e. The molecule has 0 aliphatic rings. The molecule has 4 rings (SSSR count). The average molecular weight is 320 g/mol. The molecule has 5 nitrogen and oxygen atoms in total. The second-order valence-corrected chi connectivity index (χ2v) is 5.59. The number of benzene rings is 1. The second kappa shape index (κ2) is 5.96. The maximum atomic E-state index is 9.13. The zero-order valence-corrected chi connectivity index (χ0v) is 12.9. The number of fused-ring (bicyclic) bond motifs is 1. The van der Waals surface area contributed by atoms with Gasteiger partial charge in [-0.1, -0.05) is 24.3 Å².